The molecular weight excluding hydrogens is 186 g/mol. The van der Waals surface area contributed by atoms with Crippen LogP contribution in [-0.4, -0.2) is 11.2 Å². The first kappa shape index (κ1) is 11.4. The van der Waals surface area contributed by atoms with Crippen LogP contribution in [0.15, 0.2) is 41.3 Å². The van der Waals surface area contributed by atoms with Gasteiger partial charge in [0, 0.05) is 18.6 Å². The average molecular weight is 203 g/mol. The van der Waals surface area contributed by atoms with E-state index in [-0.39, 0.29) is 5.41 Å². The van der Waals surface area contributed by atoms with Gasteiger partial charge in [0.2, 0.25) is 0 Å². The molecule has 0 aliphatic rings. The molecule has 1 heterocycles. The lowest BCUT2D eigenvalue weighted by Crippen LogP contribution is -2.12. The first-order valence-electron chi connectivity index (χ1n) is 4.90. The molecule has 3 heteroatoms. The molecule has 0 unspecified atom stereocenters. The molecule has 0 saturated heterocycles. The molecule has 15 heavy (non-hydrogen) atoms. The number of allylic oxidation sites excluding steroid dienone is 1. The number of aromatic nitrogens is 1. The van der Waals surface area contributed by atoms with Crippen LogP contribution < -0.4 is 5.73 Å². The van der Waals surface area contributed by atoms with Crippen molar-refractivity contribution in [3.63, 3.8) is 0 Å². The second-order valence-electron chi connectivity index (χ2n) is 4.34. The summed E-state index contributed by atoms with van der Waals surface area (Å²) in [6.07, 6.45) is 6.84. The molecule has 0 amide bonds. The van der Waals surface area contributed by atoms with E-state index in [1.54, 1.807) is 24.8 Å². The summed E-state index contributed by atoms with van der Waals surface area (Å²) in [6, 6.07) is 3.71. The van der Waals surface area contributed by atoms with Gasteiger partial charge in [-0.3, -0.25) is 9.98 Å². The first-order valence-corrected chi connectivity index (χ1v) is 4.90. The molecule has 0 saturated carbocycles. The normalized spacial score (nSPS) is 13.4. The van der Waals surface area contributed by atoms with Gasteiger partial charge in [0.05, 0.1) is 5.69 Å². The van der Waals surface area contributed by atoms with Gasteiger partial charge >= 0.3 is 0 Å². The number of hydrogen-bond acceptors (Lipinski definition) is 3. The zero-order chi connectivity index (χ0) is 11.3. The van der Waals surface area contributed by atoms with Crippen molar-refractivity contribution in [3.05, 3.63) is 36.3 Å². The number of nitrogens with two attached hydrogens (primary N) is 1. The van der Waals surface area contributed by atoms with Crippen LogP contribution in [0.3, 0.4) is 0 Å². The minimum atomic E-state index is 0.0191. The van der Waals surface area contributed by atoms with Crippen LogP contribution in [0.4, 0.5) is 5.69 Å². The van der Waals surface area contributed by atoms with E-state index < -0.39 is 0 Å². The van der Waals surface area contributed by atoms with Gasteiger partial charge in [-0.1, -0.05) is 20.8 Å². The summed E-state index contributed by atoms with van der Waals surface area (Å²) < 4.78 is 0. The minimum absolute atomic E-state index is 0.0191. The molecule has 0 spiro atoms. The van der Waals surface area contributed by atoms with Crippen LogP contribution in [0.1, 0.15) is 20.8 Å². The number of nitrogens with zero attached hydrogens (tertiary/aromatic N) is 2. The quantitative estimate of drug-likeness (QED) is 0.751. The van der Waals surface area contributed by atoms with E-state index in [1.165, 1.54) is 0 Å². The molecule has 2 N–H and O–H groups in total. The molecule has 0 fully saturated rings. The number of pyridine rings is 1. The fourth-order valence-electron chi connectivity index (χ4n) is 1.06. The fourth-order valence-corrected chi connectivity index (χ4v) is 1.06. The van der Waals surface area contributed by atoms with Crippen molar-refractivity contribution < 1.29 is 0 Å². The van der Waals surface area contributed by atoms with Gasteiger partial charge in [-0.2, -0.15) is 0 Å². The van der Waals surface area contributed by atoms with Gasteiger partial charge in [-0.25, -0.2) is 0 Å². The Kier molecular flexibility index (Phi) is 3.61. The van der Waals surface area contributed by atoms with Crippen molar-refractivity contribution in [1.82, 2.24) is 4.98 Å². The smallest absolute Gasteiger partial charge is 0.0660 e. The van der Waals surface area contributed by atoms with E-state index in [1.807, 2.05) is 12.1 Å². The van der Waals surface area contributed by atoms with Crippen molar-refractivity contribution in [2.45, 2.75) is 20.8 Å². The highest BCUT2D eigenvalue weighted by atomic mass is 14.7. The predicted octanol–water partition coefficient (Wildman–Crippen LogP) is 2.67. The number of hydrogen-bond donors (Lipinski definition) is 1. The molecule has 3 nitrogen and oxygen atoms in total. The van der Waals surface area contributed by atoms with Crippen molar-refractivity contribution in [1.29, 1.82) is 0 Å². The third kappa shape index (κ3) is 3.54. The number of aliphatic imine (C=N–C) groups is 1. The first-order chi connectivity index (χ1) is 7.04. The molecule has 80 valence electrons. The zero-order valence-corrected chi connectivity index (χ0v) is 9.44. The summed E-state index contributed by atoms with van der Waals surface area (Å²) >= 11 is 0. The van der Waals surface area contributed by atoms with Crippen molar-refractivity contribution in [2.75, 3.05) is 0 Å². The topological polar surface area (TPSA) is 51.3 Å². The lowest BCUT2D eigenvalue weighted by Gasteiger charge is -2.18. The Morgan fingerprint density at radius 1 is 1.33 bits per heavy atom. The molecule has 0 radical (unpaired) electrons. The van der Waals surface area contributed by atoms with Gasteiger partial charge in [-0.15, -0.1) is 0 Å². The third-order valence-electron chi connectivity index (χ3n) is 2.06. The standard InChI is InChI=1S/C12H17N3/c1-12(2,3)10(8-13)9-15-11-4-6-14-7-5-11/h4-9H,13H2,1-3H3. The fraction of sp³-hybridized carbons (Fsp3) is 0.333. The molecule has 1 aromatic rings. The molecular formula is C12H17N3. The molecule has 0 atom stereocenters. The van der Waals surface area contributed by atoms with Gasteiger partial charge in [0.25, 0.3) is 0 Å². The molecule has 0 bridgehead atoms. The summed E-state index contributed by atoms with van der Waals surface area (Å²) in [4.78, 5) is 8.26. The summed E-state index contributed by atoms with van der Waals surface area (Å²) in [5.74, 6) is 0. The molecule has 0 aliphatic heterocycles. The van der Waals surface area contributed by atoms with Crippen LogP contribution >= 0.6 is 0 Å². The van der Waals surface area contributed by atoms with E-state index >= 15 is 0 Å². The Balaban J connectivity index is 2.82. The molecule has 0 aromatic carbocycles. The Bertz CT molecular complexity index is 358. The lowest BCUT2D eigenvalue weighted by atomic mass is 9.88. The summed E-state index contributed by atoms with van der Waals surface area (Å²) in [5.41, 5.74) is 7.47. The van der Waals surface area contributed by atoms with Crippen molar-refractivity contribution in [2.24, 2.45) is 16.1 Å². The van der Waals surface area contributed by atoms with Gasteiger partial charge in [0.15, 0.2) is 0 Å². The van der Waals surface area contributed by atoms with Crippen LogP contribution in [0, 0.1) is 5.41 Å². The monoisotopic (exact) mass is 203 g/mol. The van der Waals surface area contributed by atoms with Crippen LogP contribution in [-0.2, 0) is 0 Å². The van der Waals surface area contributed by atoms with Crippen LogP contribution in [0.2, 0.25) is 0 Å². The van der Waals surface area contributed by atoms with Crippen molar-refractivity contribution in [3.8, 4) is 0 Å². The highest BCUT2D eigenvalue weighted by Crippen LogP contribution is 2.23. The Morgan fingerprint density at radius 3 is 2.40 bits per heavy atom. The van der Waals surface area contributed by atoms with E-state index in [0.717, 1.165) is 11.3 Å². The zero-order valence-electron chi connectivity index (χ0n) is 9.44. The average Bonchev–Trinajstić information content (AvgIpc) is 2.18. The highest BCUT2D eigenvalue weighted by Gasteiger charge is 2.14. The Labute approximate surface area is 90.8 Å². The SMILES string of the molecule is CC(C)(C)C(C=Nc1ccncc1)=CN. The molecule has 1 aromatic heterocycles. The van der Waals surface area contributed by atoms with E-state index in [4.69, 9.17) is 5.73 Å². The maximum atomic E-state index is 5.56. The minimum Gasteiger partial charge on any atom is -0.404 e. The van der Waals surface area contributed by atoms with Gasteiger partial charge in [0.1, 0.15) is 0 Å². The largest absolute Gasteiger partial charge is 0.404 e. The van der Waals surface area contributed by atoms with E-state index in [9.17, 15) is 0 Å². The Morgan fingerprint density at radius 2 is 1.93 bits per heavy atom. The number of rotatable bonds is 2. The lowest BCUT2D eigenvalue weighted by molar-refractivity contribution is 0.525. The van der Waals surface area contributed by atoms with Gasteiger partial charge < -0.3 is 5.73 Å². The molecule has 0 aliphatic carbocycles. The second kappa shape index (κ2) is 4.73. The highest BCUT2D eigenvalue weighted by molar-refractivity contribution is 5.82. The maximum Gasteiger partial charge on any atom is 0.0660 e. The third-order valence-corrected chi connectivity index (χ3v) is 2.06. The predicted molar refractivity (Wildman–Crippen MR) is 64.1 cm³/mol. The van der Waals surface area contributed by atoms with Crippen LogP contribution in [0.25, 0.3) is 0 Å². The summed E-state index contributed by atoms with van der Waals surface area (Å²) in [5, 5.41) is 0. The molecule has 1 rings (SSSR count). The maximum absolute atomic E-state index is 5.56. The second-order valence-corrected chi connectivity index (χ2v) is 4.34. The van der Waals surface area contributed by atoms with Crippen molar-refractivity contribution >= 4 is 11.9 Å². The van der Waals surface area contributed by atoms with Gasteiger partial charge in [-0.05, 0) is 29.3 Å². The van der Waals surface area contributed by atoms with Crippen LogP contribution in [0.5, 0.6) is 0 Å². The van der Waals surface area contributed by atoms with E-state index in [2.05, 4.69) is 30.7 Å². The summed E-state index contributed by atoms with van der Waals surface area (Å²) in [7, 11) is 0. The Hall–Kier alpha value is -1.64. The summed E-state index contributed by atoms with van der Waals surface area (Å²) in [6.45, 7) is 6.30. The van der Waals surface area contributed by atoms with E-state index in [0.29, 0.717) is 0 Å².